The third-order valence-electron chi connectivity index (χ3n) is 3.56. The molecule has 7 heteroatoms. The summed E-state index contributed by atoms with van der Waals surface area (Å²) in [5.74, 6) is -0.251. The van der Waals surface area contributed by atoms with Crippen LogP contribution in [0.5, 0.6) is 0 Å². The van der Waals surface area contributed by atoms with Crippen LogP contribution in [0, 0.1) is 6.92 Å². The maximum Gasteiger partial charge on any atom is 0.251 e. The second-order valence-corrected chi connectivity index (χ2v) is 7.36. The summed E-state index contributed by atoms with van der Waals surface area (Å²) in [5.41, 5.74) is 2.48. The Morgan fingerprint density at radius 2 is 1.64 bits per heavy atom. The Labute approximate surface area is 148 Å². The summed E-state index contributed by atoms with van der Waals surface area (Å²) in [4.78, 5) is 12.2. The highest BCUT2D eigenvalue weighted by Gasteiger charge is 2.13. The Bertz CT molecular complexity index is 800. The molecule has 1 amide bonds. The SMILES string of the molecule is COCc1ccc(C(=O)NCCNS(=O)(=O)c2ccc(C)cc2)cc1. The molecule has 0 heterocycles. The summed E-state index contributed by atoms with van der Waals surface area (Å²) in [6, 6.07) is 13.6. The first-order valence-electron chi connectivity index (χ1n) is 7.85. The molecule has 25 heavy (non-hydrogen) atoms. The van der Waals surface area contributed by atoms with E-state index in [1.54, 1.807) is 43.5 Å². The summed E-state index contributed by atoms with van der Waals surface area (Å²) in [7, 11) is -1.96. The van der Waals surface area contributed by atoms with Crippen LogP contribution in [0.2, 0.25) is 0 Å². The number of nitrogens with one attached hydrogen (secondary N) is 2. The second kappa shape index (κ2) is 8.75. The van der Waals surface area contributed by atoms with E-state index in [0.717, 1.165) is 11.1 Å². The highest BCUT2D eigenvalue weighted by molar-refractivity contribution is 7.89. The van der Waals surface area contributed by atoms with Crippen molar-refractivity contribution < 1.29 is 17.9 Å². The first-order chi connectivity index (χ1) is 11.9. The van der Waals surface area contributed by atoms with E-state index in [2.05, 4.69) is 10.0 Å². The minimum absolute atomic E-state index is 0.115. The van der Waals surface area contributed by atoms with Crippen LogP contribution in [0.1, 0.15) is 21.5 Å². The zero-order chi connectivity index (χ0) is 18.3. The Morgan fingerprint density at radius 3 is 2.24 bits per heavy atom. The average Bonchev–Trinajstić information content (AvgIpc) is 2.60. The maximum absolute atomic E-state index is 12.1. The number of carbonyl (C=O) groups is 1. The molecule has 0 atom stereocenters. The van der Waals surface area contributed by atoms with Crippen molar-refractivity contribution in [2.45, 2.75) is 18.4 Å². The lowest BCUT2D eigenvalue weighted by molar-refractivity contribution is 0.0954. The van der Waals surface area contributed by atoms with Crippen molar-refractivity contribution in [2.24, 2.45) is 0 Å². The fourth-order valence-corrected chi connectivity index (χ4v) is 3.22. The average molecular weight is 362 g/mol. The molecule has 0 bridgehead atoms. The summed E-state index contributed by atoms with van der Waals surface area (Å²) in [5, 5.41) is 2.69. The first-order valence-corrected chi connectivity index (χ1v) is 9.33. The zero-order valence-corrected chi connectivity index (χ0v) is 15.1. The number of carbonyl (C=O) groups excluding carboxylic acids is 1. The number of hydrogen-bond acceptors (Lipinski definition) is 4. The van der Waals surface area contributed by atoms with Gasteiger partial charge in [-0.3, -0.25) is 4.79 Å². The van der Waals surface area contributed by atoms with E-state index in [9.17, 15) is 13.2 Å². The summed E-state index contributed by atoms with van der Waals surface area (Å²) < 4.78 is 31.7. The number of rotatable bonds is 8. The van der Waals surface area contributed by atoms with Gasteiger partial charge in [-0.2, -0.15) is 0 Å². The molecule has 2 aromatic rings. The summed E-state index contributed by atoms with van der Waals surface area (Å²) in [6.07, 6.45) is 0. The molecule has 2 rings (SSSR count). The normalized spacial score (nSPS) is 11.3. The van der Waals surface area contributed by atoms with Crippen molar-refractivity contribution in [1.82, 2.24) is 10.0 Å². The lowest BCUT2D eigenvalue weighted by Gasteiger charge is -2.09. The van der Waals surface area contributed by atoms with Crippen LogP contribution >= 0.6 is 0 Å². The molecule has 2 N–H and O–H groups in total. The van der Waals surface area contributed by atoms with E-state index in [0.29, 0.717) is 12.2 Å². The molecular weight excluding hydrogens is 340 g/mol. The molecule has 0 spiro atoms. The van der Waals surface area contributed by atoms with E-state index in [-0.39, 0.29) is 23.9 Å². The number of sulfonamides is 1. The van der Waals surface area contributed by atoms with Crippen LogP contribution in [-0.2, 0) is 21.4 Å². The molecule has 6 nitrogen and oxygen atoms in total. The van der Waals surface area contributed by atoms with Gasteiger partial charge >= 0.3 is 0 Å². The molecule has 0 radical (unpaired) electrons. The molecule has 2 aromatic carbocycles. The molecule has 134 valence electrons. The topological polar surface area (TPSA) is 84.5 Å². The van der Waals surface area contributed by atoms with E-state index in [4.69, 9.17) is 4.74 Å². The van der Waals surface area contributed by atoms with Crippen molar-refractivity contribution in [3.8, 4) is 0 Å². The minimum atomic E-state index is -3.57. The van der Waals surface area contributed by atoms with Crippen molar-refractivity contribution in [2.75, 3.05) is 20.2 Å². The Morgan fingerprint density at radius 1 is 1.00 bits per heavy atom. The van der Waals surface area contributed by atoms with Crippen LogP contribution in [-0.4, -0.2) is 34.5 Å². The van der Waals surface area contributed by atoms with Crippen LogP contribution in [0.15, 0.2) is 53.4 Å². The van der Waals surface area contributed by atoms with E-state index in [1.807, 2.05) is 19.1 Å². The molecule has 0 fully saturated rings. The molecule has 0 aliphatic carbocycles. The smallest absolute Gasteiger partial charge is 0.251 e. The lowest BCUT2D eigenvalue weighted by Crippen LogP contribution is -2.34. The van der Waals surface area contributed by atoms with Gasteiger partial charge in [0.05, 0.1) is 11.5 Å². The minimum Gasteiger partial charge on any atom is -0.380 e. The van der Waals surface area contributed by atoms with Crippen molar-refractivity contribution in [3.05, 3.63) is 65.2 Å². The molecule has 0 saturated carbocycles. The molecular formula is C18H22N2O4S. The number of methoxy groups -OCH3 is 1. The molecule has 0 unspecified atom stereocenters. The van der Waals surface area contributed by atoms with Crippen LogP contribution in [0.4, 0.5) is 0 Å². The van der Waals surface area contributed by atoms with E-state index < -0.39 is 10.0 Å². The van der Waals surface area contributed by atoms with Crippen molar-refractivity contribution in [3.63, 3.8) is 0 Å². The van der Waals surface area contributed by atoms with Crippen LogP contribution in [0.25, 0.3) is 0 Å². The van der Waals surface area contributed by atoms with Gasteiger partial charge in [-0.25, -0.2) is 13.1 Å². The van der Waals surface area contributed by atoms with Crippen LogP contribution in [0.3, 0.4) is 0 Å². The second-order valence-electron chi connectivity index (χ2n) is 5.60. The highest BCUT2D eigenvalue weighted by Crippen LogP contribution is 2.09. The zero-order valence-electron chi connectivity index (χ0n) is 14.3. The summed E-state index contributed by atoms with van der Waals surface area (Å²) >= 11 is 0. The number of hydrogen-bond donors (Lipinski definition) is 2. The standard InChI is InChI=1S/C18H22N2O4S/c1-14-3-9-17(10-4-14)25(22,23)20-12-11-19-18(21)16-7-5-15(6-8-16)13-24-2/h3-10,20H,11-13H2,1-2H3,(H,19,21). The van der Waals surface area contributed by atoms with Gasteiger partial charge in [0, 0.05) is 25.8 Å². The predicted molar refractivity (Wildman–Crippen MR) is 95.9 cm³/mol. The van der Waals surface area contributed by atoms with Gasteiger partial charge in [-0.05, 0) is 36.8 Å². The van der Waals surface area contributed by atoms with Gasteiger partial charge in [0.15, 0.2) is 0 Å². The first kappa shape index (κ1) is 19.1. The highest BCUT2D eigenvalue weighted by atomic mass is 32.2. The molecule has 0 aliphatic rings. The van der Waals surface area contributed by atoms with Gasteiger partial charge in [0.25, 0.3) is 5.91 Å². The maximum atomic E-state index is 12.1. The quantitative estimate of drug-likeness (QED) is 0.702. The Hall–Kier alpha value is -2.22. The molecule has 0 aromatic heterocycles. The van der Waals surface area contributed by atoms with E-state index in [1.165, 1.54) is 0 Å². The third-order valence-corrected chi connectivity index (χ3v) is 5.04. The monoisotopic (exact) mass is 362 g/mol. The van der Waals surface area contributed by atoms with Gasteiger partial charge in [-0.1, -0.05) is 29.8 Å². The summed E-state index contributed by atoms with van der Waals surface area (Å²) in [6.45, 7) is 2.69. The van der Waals surface area contributed by atoms with Gasteiger partial charge in [-0.15, -0.1) is 0 Å². The van der Waals surface area contributed by atoms with Crippen molar-refractivity contribution in [1.29, 1.82) is 0 Å². The molecule has 0 saturated heterocycles. The van der Waals surface area contributed by atoms with Crippen molar-refractivity contribution >= 4 is 15.9 Å². The largest absolute Gasteiger partial charge is 0.380 e. The Kier molecular flexibility index (Phi) is 6.69. The van der Waals surface area contributed by atoms with Gasteiger partial charge in [0.2, 0.25) is 10.0 Å². The van der Waals surface area contributed by atoms with E-state index >= 15 is 0 Å². The fourth-order valence-electron chi connectivity index (χ4n) is 2.18. The van der Waals surface area contributed by atoms with Gasteiger partial charge < -0.3 is 10.1 Å². The number of amides is 1. The van der Waals surface area contributed by atoms with Gasteiger partial charge in [0.1, 0.15) is 0 Å². The number of aryl methyl sites for hydroxylation is 1. The number of benzene rings is 2. The molecule has 0 aliphatic heterocycles. The number of ether oxygens (including phenoxy) is 1. The Balaban J connectivity index is 1.81. The predicted octanol–water partition coefficient (Wildman–Crippen LogP) is 1.85. The lowest BCUT2D eigenvalue weighted by atomic mass is 10.1. The third kappa shape index (κ3) is 5.67. The fraction of sp³-hybridized carbons (Fsp3) is 0.278. The van der Waals surface area contributed by atoms with Crippen LogP contribution < -0.4 is 10.0 Å².